The number of nitrogens with two attached hydrogens (primary N) is 1. The molecule has 1 aromatic heterocycles. The van der Waals surface area contributed by atoms with Gasteiger partial charge in [0, 0.05) is 10.0 Å². The van der Waals surface area contributed by atoms with Crippen LogP contribution in [0.1, 0.15) is 22.7 Å². The first-order valence-corrected chi connectivity index (χ1v) is 5.76. The number of hydrazine groups is 1. The molecule has 4 heteroatoms. The molecule has 1 aromatic carbocycles. The van der Waals surface area contributed by atoms with Crippen LogP contribution in [0.2, 0.25) is 0 Å². The van der Waals surface area contributed by atoms with E-state index in [0.717, 1.165) is 15.6 Å². The van der Waals surface area contributed by atoms with Crippen LogP contribution in [-0.2, 0) is 0 Å². The number of furan rings is 1. The van der Waals surface area contributed by atoms with Gasteiger partial charge in [0.1, 0.15) is 0 Å². The third-order valence-electron chi connectivity index (χ3n) is 2.57. The summed E-state index contributed by atoms with van der Waals surface area (Å²) < 4.78 is 6.14. The van der Waals surface area contributed by atoms with Crippen LogP contribution in [0.15, 0.2) is 45.7 Å². The monoisotopic (exact) mass is 280 g/mol. The minimum absolute atomic E-state index is 0.0457. The van der Waals surface area contributed by atoms with Crippen LogP contribution in [-0.4, -0.2) is 0 Å². The fourth-order valence-corrected chi connectivity index (χ4v) is 2.01. The van der Waals surface area contributed by atoms with Gasteiger partial charge in [0.2, 0.25) is 0 Å². The number of halogens is 1. The van der Waals surface area contributed by atoms with Gasteiger partial charge in [-0.1, -0.05) is 28.1 Å². The van der Waals surface area contributed by atoms with Crippen molar-refractivity contribution in [3.63, 3.8) is 0 Å². The van der Waals surface area contributed by atoms with Gasteiger partial charge in [-0.3, -0.25) is 5.84 Å². The number of aryl methyl sites for hydroxylation is 1. The summed E-state index contributed by atoms with van der Waals surface area (Å²) in [6.45, 7) is 2.05. The van der Waals surface area contributed by atoms with Crippen molar-refractivity contribution in [2.45, 2.75) is 13.0 Å². The molecule has 0 saturated carbocycles. The van der Waals surface area contributed by atoms with Crippen molar-refractivity contribution in [1.29, 1.82) is 0 Å². The normalized spacial score (nSPS) is 12.7. The number of rotatable bonds is 3. The molecule has 0 aliphatic rings. The first kappa shape index (κ1) is 11.4. The molecule has 0 radical (unpaired) electrons. The first-order chi connectivity index (χ1) is 7.72. The van der Waals surface area contributed by atoms with Gasteiger partial charge in [-0.25, -0.2) is 5.43 Å². The van der Waals surface area contributed by atoms with E-state index in [0.29, 0.717) is 0 Å². The molecule has 0 fully saturated rings. The third kappa shape index (κ3) is 2.19. The molecule has 0 spiro atoms. The minimum Gasteiger partial charge on any atom is -0.472 e. The molecule has 16 heavy (non-hydrogen) atoms. The van der Waals surface area contributed by atoms with Crippen molar-refractivity contribution in [2.24, 2.45) is 5.84 Å². The Morgan fingerprint density at radius 3 is 2.69 bits per heavy atom. The Balaban J connectivity index is 2.37. The first-order valence-electron chi connectivity index (χ1n) is 4.96. The molecule has 1 heterocycles. The van der Waals surface area contributed by atoms with Crippen LogP contribution in [0, 0.1) is 6.92 Å². The number of hydrogen-bond acceptors (Lipinski definition) is 3. The lowest BCUT2D eigenvalue weighted by Gasteiger charge is -2.15. The fourth-order valence-electron chi connectivity index (χ4n) is 1.61. The fraction of sp³-hybridized carbons (Fsp3) is 0.167. The molecule has 3 nitrogen and oxygen atoms in total. The molecular weight excluding hydrogens is 268 g/mol. The van der Waals surface area contributed by atoms with Crippen molar-refractivity contribution < 1.29 is 4.42 Å². The predicted octanol–water partition coefficient (Wildman–Crippen LogP) is 2.90. The zero-order valence-electron chi connectivity index (χ0n) is 8.91. The molecule has 84 valence electrons. The molecule has 0 aliphatic carbocycles. The van der Waals surface area contributed by atoms with Gasteiger partial charge in [-0.15, -0.1) is 0 Å². The van der Waals surface area contributed by atoms with Gasteiger partial charge in [-0.2, -0.15) is 0 Å². The maximum absolute atomic E-state index is 5.58. The summed E-state index contributed by atoms with van der Waals surface area (Å²) in [5.74, 6) is 5.58. The van der Waals surface area contributed by atoms with E-state index in [-0.39, 0.29) is 6.04 Å². The average Bonchev–Trinajstić information content (AvgIpc) is 2.78. The summed E-state index contributed by atoms with van der Waals surface area (Å²) in [7, 11) is 0. The highest BCUT2D eigenvalue weighted by Gasteiger charge is 2.13. The highest BCUT2D eigenvalue weighted by molar-refractivity contribution is 9.10. The molecular formula is C12H13BrN2O. The Bertz CT molecular complexity index is 468. The maximum atomic E-state index is 5.58. The SMILES string of the molecule is Cc1ccc(C(NN)c2ccoc2)cc1Br. The summed E-state index contributed by atoms with van der Waals surface area (Å²) in [6, 6.07) is 8.03. The van der Waals surface area contributed by atoms with Gasteiger partial charge in [0.25, 0.3) is 0 Å². The van der Waals surface area contributed by atoms with Gasteiger partial charge in [0.05, 0.1) is 18.6 Å². The van der Waals surface area contributed by atoms with Gasteiger partial charge in [0.15, 0.2) is 0 Å². The van der Waals surface area contributed by atoms with Gasteiger partial charge >= 0.3 is 0 Å². The average molecular weight is 281 g/mol. The van der Waals surface area contributed by atoms with E-state index in [9.17, 15) is 0 Å². The zero-order chi connectivity index (χ0) is 11.5. The molecule has 0 amide bonds. The zero-order valence-corrected chi connectivity index (χ0v) is 10.5. The molecule has 0 bridgehead atoms. The lowest BCUT2D eigenvalue weighted by Crippen LogP contribution is -2.28. The van der Waals surface area contributed by atoms with E-state index in [1.54, 1.807) is 12.5 Å². The summed E-state index contributed by atoms with van der Waals surface area (Å²) in [5, 5.41) is 0. The Morgan fingerprint density at radius 1 is 1.31 bits per heavy atom. The van der Waals surface area contributed by atoms with Crippen LogP contribution in [0.5, 0.6) is 0 Å². The molecule has 2 aromatic rings. The second-order valence-electron chi connectivity index (χ2n) is 3.66. The smallest absolute Gasteiger partial charge is 0.0954 e. The quantitative estimate of drug-likeness (QED) is 0.672. The predicted molar refractivity (Wildman–Crippen MR) is 66.8 cm³/mol. The molecule has 3 N–H and O–H groups in total. The second-order valence-corrected chi connectivity index (χ2v) is 4.52. The molecule has 0 aliphatic heterocycles. The van der Waals surface area contributed by atoms with Crippen molar-refractivity contribution in [3.8, 4) is 0 Å². The van der Waals surface area contributed by atoms with E-state index in [1.807, 2.05) is 6.07 Å². The Morgan fingerprint density at radius 2 is 2.12 bits per heavy atom. The van der Waals surface area contributed by atoms with Crippen molar-refractivity contribution >= 4 is 15.9 Å². The van der Waals surface area contributed by atoms with Crippen molar-refractivity contribution in [3.05, 3.63) is 58.0 Å². The summed E-state index contributed by atoms with van der Waals surface area (Å²) in [5.41, 5.74) is 6.10. The Labute approximate surface area is 103 Å². The highest BCUT2D eigenvalue weighted by atomic mass is 79.9. The second kappa shape index (κ2) is 4.82. The van der Waals surface area contributed by atoms with Gasteiger partial charge < -0.3 is 4.42 Å². The molecule has 1 atom stereocenters. The topological polar surface area (TPSA) is 51.2 Å². The van der Waals surface area contributed by atoms with Crippen LogP contribution < -0.4 is 11.3 Å². The Hall–Kier alpha value is -1.10. The van der Waals surface area contributed by atoms with E-state index < -0.39 is 0 Å². The highest BCUT2D eigenvalue weighted by Crippen LogP contribution is 2.26. The molecule has 1 unspecified atom stereocenters. The maximum Gasteiger partial charge on any atom is 0.0954 e. The standard InChI is InChI=1S/C12H13BrN2O/c1-8-2-3-9(6-11(8)13)12(15-14)10-4-5-16-7-10/h2-7,12,15H,14H2,1H3. The summed E-state index contributed by atoms with van der Waals surface area (Å²) >= 11 is 3.51. The van der Waals surface area contributed by atoms with E-state index in [4.69, 9.17) is 10.3 Å². The molecule has 2 rings (SSSR count). The Kier molecular flexibility index (Phi) is 3.43. The third-order valence-corrected chi connectivity index (χ3v) is 3.43. The van der Waals surface area contributed by atoms with Crippen molar-refractivity contribution in [2.75, 3.05) is 0 Å². The molecule has 0 saturated heterocycles. The lowest BCUT2D eigenvalue weighted by atomic mass is 10.0. The number of benzene rings is 1. The van der Waals surface area contributed by atoms with Crippen LogP contribution >= 0.6 is 15.9 Å². The van der Waals surface area contributed by atoms with E-state index in [2.05, 4.69) is 46.5 Å². The largest absolute Gasteiger partial charge is 0.472 e. The van der Waals surface area contributed by atoms with Crippen LogP contribution in [0.25, 0.3) is 0 Å². The van der Waals surface area contributed by atoms with E-state index in [1.165, 1.54) is 5.56 Å². The van der Waals surface area contributed by atoms with Crippen LogP contribution in [0.4, 0.5) is 0 Å². The summed E-state index contributed by atoms with van der Waals surface area (Å²) in [6.07, 6.45) is 3.33. The van der Waals surface area contributed by atoms with Crippen LogP contribution in [0.3, 0.4) is 0 Å². The van der Waals surface area contributed by atoms with Crippen molar-refractivity contribution in [1.82, 2.24) is 5.43 Å². The minimum atomic E-state index is -0.0457. The van der Waals surface area contributed by atoms with Gasteiger partial charge in [-0.05, 0) is 30.2 Å². The lowest BCUT2D eigenvalue weighted by molar-refractivity contribution is 0.553. The number of nitrogens with one attached hydrogen (secondary N) is 1. The van der Waals surface area contributed by atoms with E-state index >= 15 is 0 Å². The summed E-state index contributed by atoms with van der Waals surface area (Å²) in [4.78, 5) is 0. The number of hydrogen-bond donors (Lipinski definition) is 2.